The molecular weight excluding hydrogens is 304 g/mol. The van der Waals surface area contributed by atoms with Gasteiger partial charge in [-0.15, -0.1) is 0 Å². The Morgan fingerprint density at radius 3 is 2.39 bits per heavy atom. The van der Waals surface area contributed by atoms with Crippen LogP contribution in [0.1, 0.15) is 0 Å². The molecule has 9 heteroatoms. The van der Waals surface area contributed by atoms with Crippen LogP contribution in [0.25, 0.3) is 0 Å². The van der Waals surface area contributed by atoms with Crippen LogP contribution in [0.4, 0.5) is 10.1 Å². The molecule has 1 aromatic carbocycles. The predicted octanol–water partition coefficient (Wildman–Crippen LogP) is 2.66. The molecule has 0 fully saturated rings. The van der Waals surface area contributed by atoms with Crippen molar-refractivity contribution in [2.75, 3.05) is 4.72 Å². The molecule has 2 rings (SSSR count). The maximum absolute atomic E-state index is 13.0. The van der Waals surface area contributed by atoms with Crippen LogP contribution in [-0.2, 0) is 10.0 Å². The molecule has 2 N–H and O–H groups in total. The molecule has 0 bridgehead atoms. The molecule has 0 unspecified atom stereocenters. The van der Waals surface area contributed by atoms with E-state index in [0.717, 1.165) is 12.1 Å². The van der Waals surface area contributed by atoms with Crippen molar-refractivity contribution in [3.8, 4) is 0 Å². The van der Waals surface area contributed by atoms with Crippen molar-refractivity contribution in [2.24, 2.45) is 0 Å². The first-order valence-corrected chi connectivity index (χ1v) is 6.81. The van der Waals surface area contributed by atoms with E-state index in [4.69, 9.17) is 23.2 Å². The van der Waals surface area contributed by atoms with Crippen molar-refractivity contribution in [3.05, 3.63) is 40.3 Å². The fourth-order valence-corrected chi connectivity index (χ4v) is 2.90. The van der Waals surface area contributed by atoms with Crippen molar-refractivity contribution >= 4 is 38.9 Å². The number of rotatable bonds is 3. The fraction of sp³-hybridized carbons (Fsp3) is 0. The number of hydrogen-bond acceptors (Lipinski definition) is 3. The van der Waals surface area contributed by atoms with E-state index in [2.05, 4.69) is 14.9 Å². The Labute approximate surface area is 112 Å². The molecule has 0 saturated carbocycles. The van der Waals surface area contributed by atoms with E-state index >= 15 is 0 Å². The van der Waals surface area contributed by atoms with Gasteiger partial charge in [-0.25, -0.2) is 4.39 Å². The van der Waals surface area contributed by atoms with Gasteiger partial charge in [-0.3, -0.25) is 9.82 Å². The van der Waals surface area contributed by atoms with E-state index < -0.39 is 15.8 Å². The van der Waals surface area contributed by atoms with E-state index in [-0.39, 0.29) is 20.8 Å². The zero-order chi connectivity index (χ0) is 13.3. The normalized spacial score (nSPS) is 11.5. The second kappa shape index (κ2) is 4.75. The van der Waals surface area contributed by atoms with Crippen LogP contribution in [-0.4, -0.2) is 18.6 Å². The van der Waals surface area contributed by atoms with E-state index in [1.54, 1.807) is 0 Å². The number of aromatic nitrogens is 2. The molecule has 5 nitrogen and oxygen atoms in total. The number of anilines is 1. The van der Waals surface area contributed by atoms with Gasteiger partial charge in [0.1, 0.15) is 5.82 Å². The van der Waals surface area contributed by atoms with Gasteiger partial charge in [0.25, 0.3) is 10.0 Å². The van der Waals surface area contributed by atoms with Crippen LogP contribution in [0.15, 0.2) is 29.4 Å². The standard InChI is InChI=1S/C9H6Cl2FN3O2S/c10-6-3-5(12)4-7(11)9(6)15-18(16,17)8-1-2-13-14-8/h1-4,15H,(H,13,14). The molecule has 0 amide bonds. The largest absolute Gasteiger partial charge is 0.278 e. The maximum atomic E-state index is 13.0. The molecule has 0 aliphatic rings. The lowest BCUT2D eigenvalue weighted by Crippen LogP contribution is -2.14. The average molecular weight is 310 g/mol. The molecule has 18 heavy (non-hydrogen) atoms. The van der Waals surface area contributed by atoms with Gasteiger partial charge in [0.15, 0.2) is 5.03 Å². The second-order valence-electron chi connectivity index (χ2n) is 3.27. The first kappa shape index (κ1) is 13.1. The zero-order valence-electron chi connectivity index (χ0n) is 8.62. The van der Waals surface area contributed by atoms with Crippen LogP contribution in [0.3, 0.4) is 0 Å². The summed E-state index contributed by atoms with van der Waals surface area (Å²) in [6, 6.07) is 3.17. The van der Waals surface area contributed by atoms with Gasteiger partial charge in [-0.2, -0.15) is 13.5 Å². The van der Waals surface area contributed by atoms with Crippen LogP contribution >= 0.6 is 23.2 Å². The summed E-state index contributed by atoms with van der Waals surface area (Å²) in [6.45, 7) is 0. The third-order valence-electron chi connectivity index (χ3n) is 2.01. The summed E-state index contributed by atoms with van der Waals surface area (Å²) >= 11 is 11.5. The van der Waals surface area contributed by atoms with Crippen molar-refractivity contribution in [1.82, 2.24) is 10.2 Å². The van der Waals surface area contributed by atoms with Gasteiger partial charge >= 0.3 is 0 Å². The SMILES string of the molecule is O=S(=O)(Nc1c(Cl)cc(F)cc1Cl)c1ccn[nH]1. The molecule has 1 heterocycles. The number of nitrogens with zero attached hydrogens (tertiary/aromatic N) is 1. The molecule has 0 atom stereocenters. The highest BCUT2D eigenvalue weighted by Gasteiger charge is 2.19. The van der Waals surface area contributed by atoms with Gasteiger partial charge in [-0.05, 0) is 18.2 Å². The number of hydrogen-bond donors (Lipinski definition) is 2. The molecule has 0 saturated heterocycles. The first-order valence-electron chi connectivity index (χ1n) is 4.57. The third kappa shape index (κ3) is 2.58. The number of aromatic amines is 1. The topological polar surface area (TPSA) is 74.8 Å². The van der Waals surface area contributed by atoms with Crippen LogP contribution < -0.4 is 4.72 Å². The van der Waals surface area contributed by atoms with Crippen molar-refractivity contribution in [2.45, 2.75) is 5.03 Å². The second-order valence-corrected chi connectivity index (χ2v) is 5.74. The summed E-state index contributed by atoms with van der Waals surface area (Å²) in [5.41, 5.74) is -0.0886. The van der Waals surface area contributed by atoms with Crippen LogP contribution in [0.2, 0.25) is 10.0 Å². The van der Waals surface area contributed by atoms with Gasteiger partial charge < -0.3 is 0 Å². The number of benzene rings is 1. The molecule has 0 spiro atoms. The minimum absolute atomic E-state index is 0.0886. The van der Waals surface area contributed by atoms with E-state index in [9.17, 15) is 12.8 Å². The number of halogens is 3. The Bertz CT molecular complexity index is 650. The molecule has 96 valence electrons. The van der Waals surface area contributed by atoms with Gasteiger partial charge in [0.2, 0.25) is 0 Å². The summed E-state index contributed by atoms with van der Waals surface area (Å²) in [4.78, 5) is 0. The third-order valence-corrected chi connectivity index (χ3v) is 3.88. The van der Waals surface area contributed by atoms with E-state index in [0.29, 0.717) is 0 Å². The highest BCUT2D eigenvalue weighted by Crippen LogP contribution is 2.32. The van der Waals surface area contributed by atoms with E-state index in [1.165, 1.54) is 12.3 Å². The van der Waals surface area contributed by atoms with Gasteiger partial charge in [0.05, 0.1) is 21.9 Å². The van der Waals surface area contributed by atoms with Crippen LogP contribution in [0, 0.1) is 5.82 Å². The summed E-state index contributed by atoms with van der Waals surface area (Å²) in [5.74, 6) is -0.658. The molecular formula is C9H6Cl2FN3O2S. The summed E-state index contributed by atoms with van der Waals surface area (Å²) in [7, 11) is -3.89. The molecule has 2 aromatic rings. The summed E-state index contributed by atoms with van der Waals surface area (Å²) < 4.78 is 38.8. The zero-order valence-corrected chi connectivity index (χ0v) is 10.9. The quantitative estimate of drug-likeness (QED) is 0.915. The highest BCUT2D eigenvalue weighted by atomic mass is 35.5. The number of H-pyrrole nitrogens is 1. The predicted molar refractivity (Wildman–Crippen MR) is 65.8 cm³/mol. The molecule has 0 aliphatic heterocycles. The lowest BCUT2D eigenvalue weighted by molar-refractivity contribution is 0.597. The first-order chi connectivity index (χ1) is 8.40. The number of sulfonamides is 1. The molecule has 0 aliphatic carbocycles. The maximum Gasteiger partial charge on any atom is 0.278 e. The smallest absolute Gasteiger partial charge is 0.275 e. The minimum atomic E-state index is -3.89. The summed E-state index contributed by atoms with van der Waals surface area (Å²) in [5, 5.41) is 5.38. The number of nitrogens with one attached hydrogen (secondary N) is 2. The Balaban J connectivity index is 2.42. The van der Waals surface area contributed by atoms with Crippen molar-refractivity contribution < 1.29 is 12.8 Å². The van der Waals surface area contributed by atoms with Crippen molar-refractivity contribution in [1.29, 1.82) is 0 Å². The lowest BCUT2D eigenvalue weighted by Gasteiger charge is -2.09. The highest BCUT2D eigenvalue weighted by molar-refractivity contribution is 7.92. The molecule has 0 radical (unpaired) electrons. The van der Waals surface area contributed by atoms with E-state index in [1.807, 2.05) is 0 Å². The Morgan fingerprint density at radius 1 is 1.28 bits per heavy atom. The van der Waals surface area contributed by atoms with Gasteiger partial charge in [-0.1, -0.05) is 23.2 Å². The Hall–Kier alpha value is -1.31. The lowest BCUT2D eigenvalue weighted by atomic mass is 10.3. The minimum Gasteiger partial charge on any atom is -0.275 e. The van der Waals surface area contributed by atoms with Crippen LogP contribution in [0.5, 0.6) is 0 Å². The van der Waals surface area contributed by atoms with Gasteiger partial charge in [0, 0.05) is 0 Å². The summed E-state index contributed by atoms with van der Waals surface area (Å²) in [6.07, 6.45) is 1.28. The average Bonchev–Trinajstić information content (AvgIpc) is 2.77. The Kier molecular flexibility index (Phi) is 3.47. The Morgan fingerprint density at radius 2 is 1.89 bits per heavy atom. The monoisotopic (exact) mass is 309 g/mol. The van der Waals surface area contributed by atoms with Crippen molar-refractivity contribution in [3.63, 3.8) is 0 Å². The molecule has 1 aromatic heterocycles. The fourth-order valence-electron chi connectivity index (χ4n) is 1.22.